The van der Waals surface area contributed by atoms with Crippen LogP contribution < -0.4 is 5.32 Å². The molecule has 0 aromatic rings. The molecule has 0 saturated carbocycles. The molecule has 3 nitrogen and oxygen atoms in total. The van der Waals surface area contributed by atoms with E-state index in [1.54, 1.807) is 7.11 Å². The van der Waals surface area contributed by atoms with Crippen molar-refractivity contribution in [1.29, 1.82) is 0 Å². The molecule has 0 bridgehead atoms. The summed E-state index contributed by atoms with van der Waals surface area (Å²) in [7, 11) is 1.72. The number of aliphatic hydroxyl groups excluding tert-OH is 1. The highest BCUT2D eigenvalue weighted by Gasteiger charge is 2.11. The predicted molar refractivity (Wildman–Crippen MR) is 54.8 cm³/mol. The maximum absolute atomic E-state index is 8.70. The fraction of sp³-hybridized carbons (Fsp3) is 1.00. The molecule has 3 atom stereocenters. The normalized spacial score (nSPS) is 18.2. The van der Waals surface area contributed by atoms with E-state index in [1.807, 2.05) is 6.92 Å². The predicted octanol–water partition coefficient (Wildman–Crippen LogP) is 1.02. The highest BCUT2D eigenvalue weighted by molar-refractivity contribution is 4.69. The van der Waals surface area contributed by atoms with Gasteiger partial charge >= 0.3 is 0 Å². The fourth-order valence-corrected chi connectivity index (χ4v) is 1.08. The molecule has 3 heteroatoms. The third-order valence-electron chi connectivity index (χ3n) is 2.49. The van der Waals surface area contributed by atoms with E-state index in [0.29, 0.717) is 12.0 Å². The van der Waals surface area contributed by atoms with Gasteiger partial charge in [0, 0.05) is 19.8 Å². The minimum absolute atomic E-state index is 0.237. The third kappa shape index (κ3) is 6.02. The Bertz CT molecular complexity index is 119. The Morgan fingerprint density at radius 2 is 1.92 bits per heavy atom. The van der Waals surface area contributed by atoms with Crippen molar-refractivity contribution in [3.8, 4) is 0 Å². The number of nitrogens with one attached hydrogen (secondary N) is 1. The van der Waals surface area contributed by atoms with Crippen molar-refractivity contribution in [1.82, 2.24) is 5.32 Å². The smallest absolute Gasteiger partial charge is 0.0693 e. The standard InChI is InChI=1S/C10H23NO2/c1-8(5-6-12)7-11-9(2)10(3)13-4/h8-12H,5-7H2,1-4H3. The van der Waals surface area contributed by atoms with Crippen LogP contribution in [0.1, 0.15) is 27.2 Å². The van der Waals surface area contributed by atoms with Gasteiger partial charge in [0.15, 0.2) is 0 Å². The summed E-state index contributed by atoms with van der Waals surface area (Å²) in [5.74, 6) is 0.525. The zero-order valence-corrected chi connectivity index (χ0v) is 9.21. The van der Waals surface area contributed by atoms with Crippen LogP contribution in [0.5, 0.6) is 0 Å². The Kier molecular flexibility index (Phi) is 7.23. The Labute approximate surface area is 81.5 Å². The van der Waals surface area contributed by atoms with Crippen LogP contribution in [0.4, 0.5) is 0 Å². The van der Waals surface area contributed by atoms with Gasteiger partial charge in [-0.3, -0.25) is 0 Å². The van der Waals surface area contributed by atoms with Crippen LogP contribution in [-0.2, 0) is 4.74 Å². The molecule has 0 aliphatic carbocycles. The zero-order valence-electron chi connectivity index (χ0n) is 9.21. The van der Waals surface area contributed by atoms with Crippen molar-refractivity contribution in [2.75, 3.05) is 20.3 Å². The number of hydrogen-bond acceptors (Lipinski definition) is 3. The molecule has 0 aromatic heterocycles. The van der Waals surface area contributed by atoms with Crippen LogP contribution in [-0.4, -0.2) is 37.5 Å². The third-order valence-corrected chi connectivity index (χ3v) is 2.49. The second-order valence-electron chi connectivity index (χ2n) is 3.76. The quantitative estimate of drug-likeness (QED) is 0.628. The second-order valence-corrected chi connectivity index (χ2v) is 3.76. The molecular weight excluding hydrogens is 166 g/mol. The van der Waals surface area contributed by atoms with E-state index < -0.39 is 0 Å². The summed E-state index contributed by atoms with van der Waals surface area (Å²) in [6.07, 6.45) is 1.10. The van der Waals surface area contributed by atoms with Crippen molar-refractivity contribution in [2.45, 2.75) is 39.3 Å². The van der Waals surface area contributed by atoms with Gasteiger partial charge in [-0.15, -0.1) is 0 Å². The first-order valence-corrected chi connectivity index (χ1v) is 4.98. The van der Waals surface area contributed by atoms with Crippen LogP contribution in [0, 0.1) is 5.92 Å². The van der Waals surface area contributed by atoms with E-state index in [-0.39, 0.29) is 12.7 Å². The molecule has 0 aromatic carbocycles. The number of hydrogen-bond donors (Lipinski definition) is 2. The van der Waals surface area contributed by atoms with Gasteiger partial charge in [-0.2, -0.15) is 0 Å². The van der Waals surface area contributed by atoms with Gasteiger partial charge in [-0.05, 0) is 32.7 Å². The lowest BCUT2D eigenvalue weighted by Gasteiger charge is -2.21. The van der Waals surface area contributed by atoms with Gasteiger partial charge in [0.05, 0.1) is 6.10 Å². The highest BCUT2D eigenvalue weighted by Crippen LogP contribution is 2.01. The number of methoxy groups -OCH3 is 1. The molecule has 0 aliphatic heterocycles. The Morgan fingerprint density at radius 3 is 2.38 bits per heavy atom. The van der Waals surface area contributed by atoms with E-state index >= 15 is 0 Å². The first-order valence-electron chi connectivity index (χ1n) is 4.98. The number of ether oxygens (including phenoxy) is 1. The second kappa shape index (κ2) is 7.30. The fourth-order valence-electron chi connectivity index (χ4n) is 1.08. The molecule has 3 unspecified atom stereocenters. The van der Waals surface area contributed by atoms with Crippen molar-refractivity contribution < 1.29 is 9.84 Å². The van der Waals surface area contributed by atoms with Crippen LogP contribution in [0.3, 0.4) is 0 Å². The van der Waals surface area contributed by atoms with Crippen LogP contribution >= 0.6 is 0 Å². The van der Waals surface area contributed by atoms with Gasteiger partial charge in [0.2, 0.25) is 0 Å². The van der Waals surface area contributed by atoms with Gasteiger partial charge in [0.25, 0.3) is 0 Å². The molecule has 13 heavy (non-hydrogen) atoms. The minimum atomic E-state index is 0.237. The molecule has 0 spiro atoms. The lowest BCUT2D eigenvalue weighted by atomic mass is 10.1. The van der Waals surface area contributed by atoms with Gasteiger partial charge < -0.3 is 15.2 Å². The first kappa shape index (κ1) is 12.9. The SMILES string of the molecule is COC(C)C(C)NCC(C)CCO. The van der Waals surface area contributed by atoms with E-state index in [2.05, 4.69) is 19.2 Å². The lowest BCUT2D eigenvalue weighted by Crippen LogP contribution is -2.39. The minimum Gasteiger partial charge on any atom is -0.396 e. The zero-order chi connectivity index (χ0) is 10.3. The topological polar surface area (TPSA) is 41.5 Å². The average Bonchev–Trinajstić information content (AvgIpc) is 2.13. The Hall–Kier alpha value is -0.120. The van der Waals surface area contributed by atoms with Crippen molar-refractivity contribution in [3.63, 3.8) is 0 Å². The van der Waals surface area contributed by atoms with Crippen molar-refractivity contribution in [2.24, 2.45) is 5.92 Å². The van der Waals surface area contributed by atoms with Gasteiger partial charge in [-0.1, -0.05) is 6.92 Å². The first-order chi connectivity index (χ1) is 6.11. The molecular formula is C10H23NO2. The highest BCUT2D eigenvalue weighted by atomic mass is 16.5. The maximum Gasteiger partial charge on any atom is 0.0693 e. The lowest BCUT2D eigenvalue weighted by molar-refractivity contribution is 0.0870. The molecule has 0 amide bonds. The molecule has 0 saturated heterocycles. The molecule has 0 aliphatic rings. The summed E-state index contributed by atoms with van der Waals surface area (Å²) in [5.41, 5.74) is 0. The summed E-state index contributed by atoms with van der Waals surface area (Å²) in [6, 6.07) is 0.367. The van der Waals surface area contributed by atoms with Crippen molar-refractivity contribution in [3.05, 3.63) is 0 Å². The summed E-state index contributed by atoms with van der Waals surface area (Å²) in [4.78, 5) is 0. The van der Waals surface area contributed by atoms with E-state index in [1.165, 1.54) is 0 Å². The summed E-state index contributed by atoms with van der Waals surface area (Å²) >= 11 is 0. The molecule has 80 valence electrons. The number of rotatable bonds is 7. The summed E-state index contributed by atoms with van der Waals surface area (Å²) in [6.45, 7) is 7.51. The molecule has 0 heterocycles. The largest absolute Gasteiger partial charge is 0.396 e. The maximum atomic E-state index is 8.70. The van der Waals surface area contributed by atoms with E-state index in [0.717, 1.165) is 13.0 Å². The van der Waals surface area contributed by atoms with E-state index in [4.69, 9.17) is 9.84 Å². The van der Waals surface area contributed by atoms with E-state index in [9.17, 15) is 0 Å². The molecule has 0 fully saturated rings. The van der Waals surface area contributed by atoms with Crippen LogP contribution in [0.25, 0.3) is 0 Å². The summed E-state index contributed by atoms with van der Waals surface area (Å²) < 4.78 is 5.19. The van der Waals surface area contributed by atoms with Gasteiger partial charge in [-0.25, -0.2) is 0 Å². The number of aliphatic hydroxyl groups is 1. The van der Waals surface area contributed by atoms with Crippen LogP contribution in [0.15, 0.2) is 0 Å². The Balaban J connectivity index is 3.50. The van der Waals surface area contributed by atoms with Gasteiger partial charge in [0.1, 0.15) is 0 Å². The molecule has 0 rings (SSSR count). The van der Waals surface area contributed by atoms with Crippen molar-refractivity contribution >= 4 is 0 Å². The monoisotopic (exact) mass is 189 g/mol. The van der Waals surface area contributed by atoms with Crippen LogP contribution in [0.2, 0.25) is 0 Å². The summed E-state index contributed by atoms with van der Waals surface area (Å²) in [5, 5.41) is 12.1. The molecule has 2 N–H and O–H groups in total. The average molecular weight is 189 g/mol. The Morgan fingerprint density at radius 1 is 1.31 bits per heavy atom. The molecule has 0 radical (unpaired) electrons.